The van der Waals surface area contributed by atoms with Crippen LogP contribution < -0.4 is 0 Å². The Bertz CT molecular complexity index is 367. The number of hydrogen-bond acceptors (Lipinski definition) is 0. The van der Waals surface area contributed by atoms with Gasteiger partial charge in [0.2, 0.25) is 0 Å². The average molecular weight is 385 g/mol. The Morgan fingerprint density at radius 1 is 1.21 bits per heavy atom. The average Bonchev–Trinajstić information content (AvgIpc) is 2.09. The third kappa shape index (κ3) is 3.38. The van der Waals surface area contributed by atoms with Gasteiger partial charge in [-0.15, -0.1) is 0 Å². The maximum atomic E-state index is 12.9. The van der Waals surface area contributed by atoms with Crippen LogP contribution in [0, 0.1) is 17.7 Å². The molecule has 1 rings (SSSR count). The maximum Gasteiger partial charge on any atom is 0.125 e. The molecule has 1 aromatic carbocycles. The molecule has 0 fully saturated rings. The van der Waals surface area contributed by atoms with Crippen LogP contribution in [0.4, 0.5) is 4.39 Å². The summed E-state index contributed by atoms with van der Waals surface area (Å²) in [6.07, 6.45) is 0.774. The van der Waals surface area contributed by atoms with Gasteiger partial charge in [-0.05, 0) is 44.0 Å². The molecule has 74 valence electrons. The molecule has 4 heteroatoms. The fraction of sp³-hybridized carbons (Fsp3) is 0.200. The molecule has 0 nitrogen and oxygen atoms in total. The quantitative estimate of drug-likeness (QED) is 0.494. The lowest BCUT2D eigenvalue weighted by Gasteiger charge is -1.99. The summed E-state index contributed by atoms with van der Waals surface area (Å²) in [6.45, 7) is 0. The summed E-state index contributed by atoms with van der Waals surface area (Å²) >= 11 is 9.82. The summed E-state index contributed by atoms with van der Waals surface area (Å²) in [5.74, 6) is 5.66. The molecule has 0 unspecified atom stereocenters. The minimum absolute atomic E-state index is 0.283. The van der Waals surface area contributed by atoms with Crippen LogP contribution in [0.1, 0.15) is 12.0 Å². The fourth-order valence-corrected chi connectivity index (χ4v) is 2.39. The van der Waals surface area contributed by atoms with E-state index in [4.69, 9.17) is 0 Å². The van der Waals surface area contributed by atoms with E-state index in [2.05, 4.69) is 59.6 Å². The van der Waals surface area contributed by atoms with Crippen LogP contribution in [0.15, 0.2) is 21.1 Å². The SMILES string of the molecule is Fc1cc(Br)c(C#CCCBr)c(Br)c1. The highest BCUT2D eigenvalue weighted by molar-refractivity contribution is 9.11. The maximum absolute atomic E-state index is 12.9. The molecule has 0 aliphatic rings. The van der Waals surface area contributed by atoms with Crippen molar-refractivity contribution >= 4 is 47.8 Å². The Hall–Kier alpha value is 0.150. The van der Waals surface area contributed by atoms with Gasteiger partial charge in [-0.1, -0.05) is 27.8 Å². The summed E-state index contributed by atoms with van der Waals surface area (Å²) in [6, 6.07) is 2.81. The third-order valence-electron chi connectivity index (χ3n) is 1.44. The van der Waals surface area contributed by atoms with E-state index < -0.39 is 0 Å². The standard InChI is InChI=1S/C10H6Br3F/c11-4-2-1-3-8-9(12)5-7(14)6-10(8)13/h5-6H,2,4H2. The van der Waals surface area contributed by atoms with Gasteiger partial charge in [0.1, 0.15) is 5.82 Å². The van der Waals surface area contributed by atoms with E-state index in [0.717, 1.165) is 17.3 Å². The van der Waals surface area contributed by atoms with Gasteiger partial charge in [-0.25, -0.2) is 4.39 Å². The normalized spacial score (nSPS) is 9.43. The van der Waals surface area contributed by atoms with Gasteiger partial charge in [0, 0.05) is 20.7 Å². The van der Waals surface area contributed by atoms with Crippen molar-refractivity contribution in [2.24, 2.45) is 0 Å². The van der Waals surface area contributed by atoms with Crippen molar-refractivity contribution in [1.82, 2.24) is 0 Å². The van der Waals surface area contributed by atoms with Crippen LogP contribution in [-0.2, 0) is 0 Å². The largest absolute Gasteiger partial charge is 0.207 e. The second-order valence-electron chi connectivity index (χ2n) is 2.49. The van der Waals surface area contributed by atoms with Crippen molar-refractivity contribution in [3.05, 3.63) is 32.5 Å². The molecule has 0 saturated carbocycles. The van der Waals surface area contributed by atoms with Crippen LogP contribution in [0.2, 0.25) is 0 Å². The van der Waals surface area contributed by atoms with Gasteiger partial charge < -0.3 is 0 Å². The molecule has 0 bridgehead atoms. The topological polar surface area (TPSA) is 0 Å². The van der Waals surface area contributed by atoms with Crippen LogP contribution in [0.3, 0.4) is 0 Å². The van der Waals surface area contributed by atoms with Crippen LogP contribution in [0.25, 0.3) is 0 Å². The first-order valence-electron chi connectivity index (χ1n) is 3.84. The van der Waals surface area contributed by atoms with Gasteiger partial charge in [0.25, 0.3) is 0 Å². The number of benzene rings is 1. The molecule has 0 aromatic heterocycles. The zero-order valence-corrected chi connectivity index (χ0v) is 11.8. The van der Waals surface area contributed by atoms with Crippen molar-refractivity contribution in [2.75, 3.05) is 5.33 Å². The predicted molar refractivity (Wildman–Crippen MR) is 67.1 cm³/mol. The van der Waals surface area contributed by atoms with E-state index in [0.29, 0.717) is 8.95 Å². The Morgan fingerprint density at radius 2 is 1.79 bits per heavy atom. The molecule has 0 N–H and O–H groups in total. The van der Waals surface area contributed by atoms with Crippen molar-refractivity contribution in [3.63, 3.8) is 0 Å². The zero-order chi connectivity index (χ0) is 10.6. The van der Waals surface area contributed by atoms with Gasteiger partial charge in [-0.2, -0.15) is 0 Å². The first kappa shape index (κ1) is 12.2. The molecule has 1 aromatic rings. The Labute approximate surface area is 108 Å². The molecule has 0 amide bonds. The molecule has 14 heavy (non-hydrogen) atoms. The first-order chi connectivity index (χ1) is 6.65. The summed E-state index contributed by atoms with van der Waals surface area (Å²) in [4.78, 5) is 0. The van der Waals surface area contributed by atoms with Gasteiger partial charge in [0.05, 0.1) is 5.56 Å². The summed E-state index contributed by atoms with van der Waals surface area (Å²) in [5.41, 5.74) is 0.785. The highest BCUT2D eigenvalue weighted by Gasteiger charge is 2.04. The van der Waals surface area contributed by atoms with Crippen LogP contribution >= 0.6 is 47.8 Å². The van der Waals surface area contributed by atoms with Gasteiger partial charge in [0.15, 0.2) is 0 Å². The number of halogens is 4. The monoisotopic (exact) mass is 382 g/mol. The van der Waals surface area contributed by atoms with Crippen molar-refractivity contribution in [2.45, 2.75) is 6.42 Å². The third-order valence-corrected chi connectivity index (χ3v) is 3.09. The number of rotatable bonds is 1. The molecule has 0 atom stereocenters. The van der Waals surface area contributed by atoms with E-state index in [1.807, 2.05) is 0 Å². The van der Waals surface area contributed by atoms with Crippen LogP contribution in [0.5, 0.6) is 0 Å². The lowest BCUT2D eigenvalue weighted by Crippen LogP contribution is -1.84. The fourth-order valence-electron chi connectivity index (χ4n) is 0.860. The number of hydrogen-bond donors (Lipinski definition) is 0. The van der Waals surface area contributed by atoms with Gasteiger partial charge >= 0.3 is 0 Å². The van der Waals surface area contributed by atoms with E-state index in [1.54, 1.807) is 0 Å². The summed E-state index contributed by atoms with van der Waals surface area (Å²) in [7, 11) is 0. The molecule has 0 aliphatic carbocycles. The molecule has 0 heterocycles. The molecule has 0 aliphatic heterocycles. The van der Waals surface area contributed by atoms with E-state index in [9.17, 15) is 4.39 Å². The second kappa shape index (κ2) is 5.89. The minimum Gasteiger partial charge on any atom is -0.207 e. The summed E-state index contributed by atoms with van der Waals surface area (Å²) in [5, 5.41) is 0.844. The summed E-state index contributed by atoms with van der Waals surface area (Å²) < 4.78 is 14.2. The van der Waals surface area contributed by atoms with Crippen molar-refractivity contribution < 1.29 is 4.39 Å². The van der Waals surface area contributed by atoms with Crippen molar-refractivity contribution in [1.29, 1.82) is 0 Å². The molecular weight excluding hydrogens is 379 g/mol. The smallest absolute Gasteiger partial charge is 0.125 e. The lowest BCUT2D eigenvalue weighted by molar-refractivity contribution is 0.626. The Balaban J connectivity index is 3.04. The zero-order valence-electron chi connectivity index (χ0n) is 7.08. The van der Waals surface area contributed by atoms with Gasteiger partial charge in [-0.3, -0.25) is 0 Å². The highest BCUT2D eigenvalue weighted by atomic mass is 79.9. The second-order valence-corrected chi connectivity index (χ2v) is 4.99. The van der Waals surface area contributed by atoms with E-state index in [-0.39, 0.29) is 5.82 Å². The first-order valence-corrected chi connectivity index (χ1v) is 6.55. The highest BCUT2D eigenvalue weighted by Crippen LogP contribution is 2.25. The predicted octanol–water partition coefficient (Wildman–Crippen LogP) is 4.49. The lowest BCUT2D eigenvalue weighted by atomic mass is 10.2. The molecule has 0 spiro atoms. The van der Waals surface area contributed by atoms with E-state index >= 15 is 0 Å². The number of alkyl halides is 1. The van der Waals surface area contributed by atoms with Crippen molar-refractivity contribution in [3.8, 4) is 11.8 Å². The van der Waals surface area contributed by atoms with E-state index in [1.165, 1.54) is 12.1 Å². The Kier molecular flexibility index (Phi) is 5.14. The minimum atomic E-state index is -0.283. The Morgan fingerprint density at radius 3 is 2.29 bits per heavy atom. The molecule has 0 saturated heterocycles. The molecular formula is C10H6Br3F. The molecule has 0 radical (unpaired) electrons. The van der Waals surface area contributed by atoms with Crippen LogP contribution in [-0.4, -0.2) is 5.33 Å².